The van der Waals surface area contributed by atoms with Crippen molar-refractivity contribution < 1.29 is 9.18 Å². The van der Waals surface area contributed by atoms with E-state index in [9.17, 15) is 9.18 Å². The molecule has 0 fully saturated rings. The molecule has 0 aliphatic carbocycles. The number of nitrogens with zero attached hydrogens (tertiary/aromatic N) is 4. The normalized spacial score (nSPS) is 20.2. The average Bonchev–Trinajstić information content (AvgIpc) is 2.73. The molecule has 1 aliphatic rings. The highest BCUT2D eigenvalue weighted by atomic mass is 35.5. The van der Waals surface area contributed by atoms with Gasteiger partial charge in [0.15, 0.2) is 0 Å². The summed E-state index contributed by atoms with van der Waals surface area (Å²) < 4.78 is 13.4. The zero-order valence-electron chi connectivity index (χ0n) is 17.3. The van der Waals surface area contributed by atoms with Gasteiger partial charge in [0, 0.05) is 37.8 Å². The molecule has 3 rings (SSSR count). The van der Waals surface area contributed by atoms with Gasteiger partial charge in [-0.25, -0.2) is 9.40 Å². The van der Waals surface area contributed by atoms with Crippen LogP contribution >= 0.6 is 23.2 Å². The highest BCUT2D eigenvalue weighted by Gasteiger charge is 2.29. The Morgan fingerprint density at radius 1 is 1.13 bits per heavy atom. The van der Waals surface area contributed by atoms with E-state index < -0.39 is 0 Å². The number of carbonyl (C=O) groups is 1. The number of amides is 1. The smallest absolute Gasteiger partial charge is 0.268 e. The molecule has 1 atom stereocenters. The lowest BCUT2D eigenvalue weighted by Crippen LogP contribution is -2.52. The van der Waals surface area contributed by atoms with Crippen LogP contribution < -0.4 is 0 Å². The van der Waals surface area contributed by atoms with E-state index in [0.717, 1.165) is 11.3 Å². The highest BCUT2D eigenvalue weighted by Crippen LogP contribution is 2.25. The number of hydrazine groups is 1. The molecule has 1 heterocycles. The van der Waals surface area contributed by atoms with E-state index >= 15 is 0 Å². The summed E-state index contributed by atoms with van der Waals surface area (Å²) in [5.41, 5.74) is 2.32. The minimum atomic E-state index is -0.288. The van der Waals surface area contributed by atoms with Gasteiger partial charge in [0.25, 0.3) is 5.91 Å². The van der Waals surface area contributed by atoms with Crippen LogP contribution in [0.2, 0.25) is 10.0 Å². The molecular formula is C22H25Cl2FN4O. The third-order valence-corrected chi connectivity index (χ3v) is 5.73. The van der Waals surface area contributed by atoms with Crippen LogP contribution in [0.5, 0.6) is 0 Å². The lowest BCUT2D eigenvalue weighted by Gasteiger charge is -2.39. The first-order valence-corrected chi connectivity index (χ1v) is 10.5. The van der Waals surface area contributed by atoms with E-state index in [2.05, 4.69) is 5.10 Å². The number of halogens is 3. The predicted molar refractivity (Wildman–Crippen MR) is 119 cm³/mol. The van der Waals surface area contributed by atoms with Crippen molar-refractivity contribution in [3.8, 4) is 0 Å². The van der Waals surface area contributed by atoms with Crippen LogP contribution in [0.15, 0.2) is 47.6 Å². The first kappa shape index (κ1) is 22.5. The standard InChI is InChI=1S/C22H25Cl2FN4O/c1-15-12-16(2)29(22(30)18-6-9-20(23)21(24)13-18)28(11-10-27(3)26-15)14-17-4-7-19(25)8-5-17/h4-9,13,16H,10-12,14H2,1-3H3/b26-15+/t16-/m1/s1. The van der Waals surface area contributed by atoms with Crippen LogP contribution in [0.25, 0.3) is 0 Å². The molecule has 160 valence electrons. The second-order valence-corrected chi connectivity index (χ2v) is 8.38. The number of carbonyl (C=O) groups excluding carboxylic acids is 1. The Hall–Kier alpha value is -2.15. The van der Waals surface area contributed by atoms with Crippen LogP contribution in [0.4, 0.5) is 4.39 Å². The van der Waals surface area contributed by atoms with Crippen molar-refractivity contribution >= 4 is 34.8 Å². The second-order valence-electron chi connectivity index (χ2n) is 7.56. The Bertz CT molecular complexity index is 935. The number of benzene rings is 2. The minimum absolute atomic E-state index is 0.136. The molecule has 30 heavy (non-hydrogen) atoms. The molecule has 8 heteroatoms. The van der Waals surface area contributed by atoms with Gasteiger partial charge in [-0.2, -0.15) is 5.10 Å². The maximum atomic E-state index is 13.6. The number of rotatable bonds is 3. The van der Waals surface area contributed by atoms with Gasteiger partial charge >= 0.3 is 0 Å². The summed E-state index contributed by atoms with van der Waals surface area (Å²) in [5.74, 6) is -0.454. The largest absolute Gasteiger partial charge is 0.299 e. The molecular weight excluding hydrogens is 426 g/mol. The molecule has 0 spiro atoms. The quantitative estimate of drug-likeness (QED) is 0.653. The summed E-state index contributed by atoms with van der Waals surface area (Å²) in [7, 11) is 1.92. The molecule has 0 saturated carbocycles. The molecule has 2 aromatic rings. The van der Waals surface area contributed by atoms with Crippen molar-refractivity contribution in [2.75, 3.05) is 20.1 Å². The average molecular weight is 451 g/mol. The van der Waals surface area contributed by atoms with E-state index in [1.165, 1.54) is 12.1 Å². The Balaban J connectivity index is 1.97. The highest BCUT2D eigenvalue weighted by molar-refractivity contribution is 6.42. The SMILES string of the molecule is C/C1=N\N(C)CCN(Cc2ccc(F)cc2)N(C(=O)c2ccc(Cl)c(Cl)c2)[C@H](C)C1. The molecule has 0 N–H and O–H groups in total. The van der Waals surface area contributed by atoms with Gasteiger partial charge < -0.3 is 0 Å². The molecule has 0 radical (unpaired) electrons. The van der Waals surface area contributed by atoms with Crippen LogP contribution in [0.3, 0.4) is 0 Å². The van der Waals surface area contributed by atoms with Crippen LogP contribution in [-0.4, -0.2) is 52.8 Å². The summed E-state index contributed by atoms with van der Waals surface area (Å²) in [4.78, 5) is 13.6. The van der Waals surface area contributed by atoms with E-state index in [1.54, 1.807) is 35.3 Å². The molecule has 2 aromatic carbocycles. The van der Waals surface area contributed by atoms with Crippen molar-refractivity contribution in [2.45, 2.75) is 32.9 Å². The van der Waals surface area contributed by atoms with Gasteiger partial charge in [0.1, 0.15) is 5.82 Å². The minimum Gasteiger partial charge on any atom is -0.299 e. The summed E-state index contributed by atoms with van der Waals surface area (Å²) in [6, 6.07) is 11.1. The summed E-state index contributed by atoms with van der Waals surface area (Å²) in [6.07, 6.45) is 0.622. The van der Waals surface area contributed by atoms with Gasteiger partial charge in [0.2, 0.25) is 0 Å². The Labute approximate surface area is 186 Å². The molecule has 1 amide bonds. The monoisotopic (exact) mass is 450 g/mol. The van der Waals surface area contributed by atoms with Gasteiger partial charge in [-0.15, -0.1) is 0 Å². The Morgan fingerprint density at radius 2 is 1.83 bits per heavy atom. The lowest BCUT2D eigenvalue weighted by atomic mass is 10.1. The molecule has 0 saturated heterocycles. The fourth-order valence-electron chi connectivity index (χ4n) is 3.59. The van der Waals surface area contributed by atoms with E-state index in [0.29, 0.717) is 41.7 Å². The van der Waals surface area contributed by atoms with Crippen molar-refractivity contribution in [2.24, 2.45) is 5.10 Å². The predicted octanol–water partition coefficient (Wildman–Crippen LogP) is 5.09. The number of hydrogen-bond acceptors (Lipinski definition) is 4. The topological polar surface area (TPSA) is 39.1 Å². The summed E-state index contributed by atoms with van der Waals surface area (Å²) >= 11 is 12.2. The third-order valence-electron chi connectivity index (χ3n) is 4.99. The number of hydrogen-bond donors (Lipinski definition) is 0. The van der Waals surface area contributed by atoms with Crippen LogP contribution in [-0.2, 0) is 6.54 Å². The Morgan fingerprint density at radius 3 is 2.50 bits per heavy atom. The van der Waals surface area contributed by atoms with Crippen molar-refractivity contribution in [3.05, 3.63) is 69.5 Å². The molecule has 0 unspecified atom stereocenters. The van der Waals surface area contributed by atoms with Gasteiger partial charge in [-0.05, 0) is 49.7 Å². The van der Waals surface area contributed by atoms with E-state index in [-0.39, 0.29) is 17.8 Å². The number of likely N-dealkylation sites (N-methyl/N-ethyl adjacent to an activating group) is 1. The van der Waals surface area contributed by atoms with Crippen molar-refractivity contribution in [1.82, 2.24) is 15.0 Å². The first-order chi connectivity index (χ1) is 14.2. The lowest BCUT2D eigenvalue weighted by molar-refractivity contribution is -0.0389. The maximum absolute atomic E-state index is 13.6. The van der Waals surface area contributed by atoms with Crippen molar-refractivity contribution in [1.29, 1.82) is 0 Å². The van der Waals surface area contributed by atoms with Crippen LogP contribution in [0, 0.1) is 5.82 Å². The summed E-state index contributed by atoms with van der Waals surface area (Å²) in [5, 5.41) is 11.0. The third kappa shape index (κ3) is 5.50. The van der Waals surface area contributed by atoms with Gasteiger partial charge in [0.05, 0.1) is 22.6 Å². The van der Waals surface area contributed by atoms with Gasteiger partial charge in [-0.3, -0.25) is 14.8 Å². The van der Waals surface area contributed by atoms with Crippen LogP contribution in [0.1, 0.15) is 36.2 Å². The van der Waals surface area contributed by atoms with E-state index in [4.69, 9.17) is 23.2 Å². The molecule has 0 aromatic heterocycles. The zero-order valence-corrected chi connectivity index (χ0v) is 18.8. The molecule has 5 nitrogen and oxygen atoms in total. The fourth-order valence-corrected chi connectivity index (χ4v) is 3.89. The van der Waals surface area contributed by atoms with E-state index in [1.807, 2.05) is 30.9 Å². The molecule has 0 bridgehead atoms. The number of hydrazone groups is 1. The zero-order chi connectivity index (χ0) is 21.8. The summed E-state index contributed by atoms with van der Waals surface area (Å²) in [6.45, 7) is 5.63. The first-order valence-electron chi connectivity index (χ1n) is 9.77. The fraction of sp³-hybridized carbons (Fsp3) is 0.364. The Kier molecular flexibility index (Phi) is 7.34. The van der Waals surface area contributed by atoms with Gasteiger partial charge in [-0.1, -0.05) is 35.3 Å². The van der Waals surface area contributed by atoms with Crippen molar-refractivity contribution in [3.63, 3.8) is 0 Å². The second kappa shape index (κ2) is 9.77. The maximum Gasteiger partial charge on any atom is 0.268 e. The molecule has 1 aliphatic heterocycles.